The molecular weight excluding hydrogens is 436 g/mol. The molecule has 5 nitrogen and oxygen atoms in total. The normalized spacial score (nSPS) is 10.9. The van der Waals surface area contributed by atoms with Gasteiger partial charge in [0.25, 0.3) is 0 Å². The molecule has 0 aliphatic heterocycles. The number of amides is 1. The van der Waals surface area contributed by atoms with Gasteiger partial charge in [-0.1, -0.05) is 59.3 Å². The van der Waals surface area contributed by atoms with Gasteiger partial charge in [0.05, 0.1) is 11.5 Å². The third kappa shape index (κ3) is 6.27. The highest BCUT2D eigenvalue weighted by molar-refractivity contribution is 7.99. The summed E-state index contributed by atoms with van der Waals surface area (Å²) in [5.41, 5.74) is 4.25. The Morgan fingerprint density at radius 3 is 2.57 bits per heavy atom. The van der Waals surface area contributed by atoms with E-state index in [9.17, 15) is 4.79 Å². The largest absolute Gasteiger partial charge is 0.325 e. The van der Waals surface area contributed by atoms with Gasteiger partial charge in [0.2, 0.25) is 5.91 Å². The highest BCUT2D eigenvalue weighted by atomic mass is 35.5. The number of thioether (sulfide) groups is 2. The van der Waals surface area contributed by atoms with Crippen LogP contribution in [0.15, 0.2) is 47.6 Å². The molecule has 8 heteroatoms. The van der Waals surface area contributed by atoms with E-state index in [4.69, 9.17) is 11.6 Å². The van der Waals surface area contributed by atoms with E-state index < -0.39 is 0 Å². The zero-order valence-electron chi connectivity index (χ0n) is 17.3. The van der Waals surface area contributed by atoms with Gasteiger partial charge in [-0.15, -0.1) is 22.0 Å². The monoisotopic (exact) mass is 460 g/mol. The third-order valence-electron chi connectivity index (χ3n) is 4.52. The lowest BCUT2D eigenvalue weighted by atomic mass is 10.2. The van der Waals surface area contributed by atoms with Crippen molar-refractivity contribution in [2.24, 2.45) is 0 Å². The van der Waals surface area contributed by atoms with Gasteiger partial charge < -0.3 is 9.88 Å². The van der Waals surface area contributed by atoms with E-state index in [0.717, 1.165) is 34.6 Å². The number of nitrogens with zero attached hydrogens (tertiary/aromatic N) is 3. The van der Waals surface area contributed by atoms with E-state index in [0.29, 0.717) is 10.7 Å². The number of carbonyl (C=O) groups excluding carboxylic acids is 1. The topological polar surface area (TPSA) is 59.8 Å². The number of halogens is 1. The fourth-order valence-electron chi connectivity index (χ4n) is 2.79. The van der Waals surface area contributed by atoms with Gasteiger partial charge >= 0.3 is 0 Å². The first-order valence-electron chi connectivity index (χ1n) is 9.70. The summed E-state index contributed by atoms with van der Waals surface area (Å²) >= 11 is 9.33. The van der Waals surface area contributed by atoms with Gasteiger partial charge in [-0.25, -0.2) is 0 Å². The lowest BCUT2D eigenvalue weighted by Crippen LogP contribution is -2.14. The van der Waals surface area contributed by atoms with Crippen molar-refractivity contribution in [3.8, 4) is 0 Å². The summed E-state index contributed by atoms with van der Waals surface area (Å²) in [5.74, 6) is 2.81. The smallest absolute Gasteiger partial charge is 0.234 e. The Labute approximate surface area is 191 Å². The minimum Gasteiger partial charge on any atom is -0.325 e. The standard InChI is InChI=1S/C22H25ClN4OS2/c1-4-27-20(13-29-12-17-8-5-15(2)6-9-17)25-26-22(27)30-14-21(28)24-18-10-7-16(3)19(23)11-18/h5-11H,4,12-14H2,1-3H3,(H,24,28). The average Bonchev–Trinajstić information content (AvgIpc) is 3.12. The molecular formula is C22H25ClN4OS2. The third-order valence-corrected chi connectivity index (χ3v) is 6.89. The predicted octanol–water partition coefficient (Wildman–Crippen LogP) is 5.73. The number of nitrogens with one attached hydrogen (secondary N) is 1. The number of rotatable bonds is 9. The Morgan fingerprint density at radius 1 is 1.10 bits per heavy atom. The predicted molar refractivity (Wildman–Crippen MR) is 127 cm³/mol. The first-order valence-corrected chi connectivity index (χ1v) is 12.2. The van der Waals surface area contributed by atoms with Gasteiger partial charge in [-0.3, -0.25) is 4.79 Å². The molecule has 0 atom stereocenters. The molecule has 0 saturated carbocycles. The Morgan fingerprint density at radius 2 is 1.87 bits per heavy atom. The van der Waals surface area contributed by atoms with Gasteiger partial charge in [-0.05, 0) is 44.0 Å². The van der Waals surface area contributed by atoms with E-state index in [2.05, 4.69) is 58.2 Å². The fraction of sp³-hybridized carbons (Fsp3) is 0.318. The van der Waals surface area contributed by atoms with Crippen LogP contribution in [0.5, 0.6) is 0 Å². The Kier molecular flexibility index (Phi) is 8.24. The zero-order chi connectivity index (χ0) is 21.5. The van der Waals surface area contributed by atoms with Crippen molar-refractivity contribution < 1.29 is 4.79 Å². The van der Waals surface area contributed by atoms with E-state index in [1.807, 2.05) is 30.8 Å². The second kappa shape index (κ2) is 10.9. The van der Waals surface area contributed by atoms with Crippen LogP contribution in [0, 0.1) is 13.8 Å². The van der Waals surface area contributed by atoms with Crippen LogP contribution < -0.4 is 5.32 Å². The summed E-state index contributed by atoms with van der Waals surface area (Å²) in [7, 11) is 0. The summed E-state index contributed by atoms with van der Waals surface area (Å²) < 4.78 is 2.07. The maximum absolute atomic E-state index is 12.3. The maximum atomic E-state index is 12.3. The molecule has 0 spiro atoms. The number of hydrogen-bond donors (Lipinski definition) is 1. The Bertz CT molecular complexity index is 1000. The number of carbonyl (C=O) groups is 1. The minimum absolute atomic E-state index is 0.0964. The average molecular weight is 461 g/mol. The number of benzene rings is 2. The first-order chi connectivity index (χ1) is 14.5. The fourth-order valence-corrected chi connectivity index (χ4v) is 4.72. The second-order valence-electron chi connectivity index (χ2n) is 6.92. The van der Waals surface area contributed by atoms with Crippen molar-refractivity contribution in [1.29, 1.82) is 0 Å². The van der Waals surface area contributed by atoms with E-state index in [1.54, 1.807) is 6.07 Å². The summed E-state index contributed by atoms with van der Waals surface area (Å²) in [4.78, 5) is 12.3. The molecule has 30 heavy (non-hydrogen) atoms. The molecule has 3 aromatic rings. The van der Waals surface area contributed by atoms with Crippen molar-refractivity contribution in [2.45, 2.75) is 44.0 Å². The van der Waals surface area contributed by atoms with Crippen molar-refractivity contribution in [3.05, 3.63) is 70.0 Å². The van der Waals surface area contributed by atoms with Crippen LogP contribution in [-0.4, -0.2) is 26.4 Å². The first kappa shape index (κ1) is 22.7. The molecule has 0 fully saturated rings. The molecule has 0 radical (unpaired) electrons. The highest BCUT2D eigenvalue weighted by Gasteiger charge is 2.13. The van der Waals surface area contributed by atoms with Crippen molar-refractivity contribution >= 4 is 46.7 Å². The molecule has 1 heterocycles. The second-order valence-corrected chi connectivity index (χ2v) is 9.26. The molecule has 0 aliphatic carbocycles. The summed E-state index contributed by atoms with van der Waals surface area (Å²) in [6.45, 7) is 6.86. The van der Waals surface area contributed by atoms with E-state index in [1.165, 1.54) is 22.9 Å². The number of anilines is 1. The van der Waals surface area contributed by atoms with Crippen LogP contribution in [0.2, 0.25) is 5.02 Å². The van der Waals surface area contributed by atoms with Crippen molar-refractivity contribution in [3.63, 3.8) is 0 Å². The van der Waals surface area contributed by atoms with Gasteiger partial charge in [0.15, 0.2) is 5.16 Å². The molecule has 0 saturated heterocycles. The maximum Gasteiger partial charge on any atom is 0.234 e. The molecule has 1 N–H and O–H groups in total. The molecule has 1 amide bonds. The van der Waals surface area contributed by atoms with E-state index in [-0.39, 0.29) is 11.7 Å². The Hall–Kier alpha value is -1.96. The molecule has 0 bridgehead atoms. The molecule has 0 aliphatic rings. The highest BCUT2D eigenvalue weighted by Crippen LogP contribution is 2.23. The van der Waals surface area contributed by atoms with E-state index >= 15 is 0 Å². The lowest BCUT2D eigenvalue weighted by molar-refractivity contribution is -0.113. The molecule has 158 valence electrons. The van der Waals surface area contributed by atoms with Crippen LogP contribution in [0.1, 0.15) is 29.4 Å². The molecule has 2 aromatic carbocycles. The summed E-state index contributed by atoms with van der Waals surface area (Å²) in [5, 5.41) is 12.9. The van der Waals surface area contributed by atoms with Crippen LogP contribution in [0.3, 0.4) is 0 Å². The number of hydrogen-bond acceptors (Lipinski definition) is 5. The minimum atomic E-state index is -0.0964. The van der Waals surface area contributed by atoms with Gasteiger partial charge in [0.1, 0.15) is 5.82 Å². The quantitative estimate of drug-likeness (QED) is 0.413. The summed E-state index contributed by atoms with van der Waals surface area (Å²) in [6.07, 6.45) is 0. The Balaban J connectivity index is 1.52. The van der Waals surface area contributed by atoms with Gasteiger partial charge in [0, 0.05) is 23.0 Å². The lowest BCUT2D eigenvalue weighted by Gasteiger charge is -2.08. The summed E-state index contributed by atoms with van der Waals surface area (Å²) in [6, 6.07) is 14.1. The number of aryl methyl sites for hydroxylation is 2. The van der Waals surface area contributed by atoms with Gasteiger partial charge in [-0.2, -0.15) is 0 Å². The van der Waals surface area contributed by atoms with Crippen LogP contribution in [-0.2, 0) is 22.8 Å². The zero-order valence-corrected chi connectivity index (χ0v) is 19.7. The van der Waals surface area contributed by atoms with Crippen LogP contribution >= 0.6 is 35.1 Å². The molecule has 1 aromatic heterocycles. The van der Waals surface area contributed by atoms with Crippen LogP contribution in [0.4, 0.5) is 5.69 Å². The SMILES string of the molecule is CCn1c(CSCc2ccc(C)cc2)nnc1SCC(=O)Nc1ccc(C)c(Cl)c1. The molecule has 3 rings (SSSR count). The van der Waals surface area contributed by atoms with Crippen molar-refractivity contribution in [2.75, 3.05) is 11.1 Å². The molecule has 0 unspecified atom stereocenters. The number of aromatic nitrogens is 3. The van der Waals surface area contributed by atoms with Crippen molar-refractivity contribution in [1.82, 2.24) is 14.8 Å². The van der Waals surface area contributed by atoms with Crippen LogP contribution in [0.25, 0.3) is 0 Å².